The van der Waals surface area contributed by atoms with E-state index in [0.29, 0.717) is 12.2 Å². The number of rotatable bonds is 7. The fraction of sp³-hybridized carbons (Fsp3) is 0.250. The zero-order chi connectivity index (χ0) is 16.0. The Bertz CT molecular complexity index is 684. The predicted molar refractivity (Wildman–Crippen MR) is 84.2 cm³/mol. The molecule has 0 saturated carbocycles. The predicted octanol–water partition coefficient (Wildman–Crippen LogP) is 2.10. The molecule has 0 spiro atoms. The lowest BCUT2D eigenvalue weighted by molar-refractivity contribution is 0.169. The summed E-state index contributed by atoms with van der Waals surface area (Å²) in [6.45, 7) is 0.157. The molecule has 0 heterocycles. The topological polar surface area (TPSA) is 75.6 Å². The second kappa shape index (κ2) is 7.40. The van der Waals surface area contributed by atoms with Gasteiger partial charge in [0, 0.05) is 6.54 Å². The van der Waals surface area contributed by atoms with E-state index < -0.39 is 16.1 Å². The van der Waals surface area contributed by atoms with E-state index >= 15 is 0 Å². The van der Waals surface area contributed by atoms with Crippen LogP contribution in [-0.4, -0.2) is 27.2 Å². The summed E-state index contributed by atoms with van der Waals surface area (Å²) in [6, 6.07) is 15.3. The summed E-state index contributed by atoms with van der Waals surface area (Å²) in [5.74, 6) is 0.596. The number of nitrogens with one attached hydrogen (secondary N) is 1. The lowest BCUT2D eigenvalue weighted by Gasteiger charge is -2.12. The van der Waals surface area contributed by atoms with Crippen LogP contribution in [0.5, 0.6) is 5.75 Å². The highest BCUT2D eigenvalue weighted by molar-refractivity contribution is 7.89. The van der Waals surface area contributed by atoms with Crippen molar-refractivity contribution in [3.8, 4) is 5.75 Å². The Labute approximate surface area is 130 Å². The molecule has 2 aromatic rings. The molecule has 0 fully saturated rings. The molecule has 0 aliphatic carbocycles. The maximum absolute atomic E-state index is 12.1. The molecule has 0 aliphatic heterocycles. The minimum absolute atomic E-state index is 0.157. The molecular formula is C16H19NO4S. The molecule has 2 rings (SSSR count). The average Bonchev–Trinajstić information content (AvgIpc) is 2.55. The monoisotopic (exact) mass is 321 g/mol. The Balaban J connectivity index is 1.92. The third-order valence-electron chi connectivity index (χ3n) is 3.26. The van der Waals surface area contributed by atoms with Gasteiger partial charge in [0.25, 0.3) is 0 Å². The van der Waals surface area contributed by atoms with E-state index in [9.17, 15) is 13.5 Å². The molecule has 0 bridgehead atoms. The van der Waals surface area contributed by atoms with Crippen LogP contribution in [0.2, 0.25) is 0 Å². The average molecular weight is 321 g/mol. The first-order valence-electron chi connectivity index (χ1n) is 6.89. The van der Waals surface area contributed by atoms with E-state index in [1.807, 2.05) is 30.3 Å². The van der Waals surface area contributed by atoms with Crippen LogP contribution in [0.15, 0.2) is 59.5 Å². The molecule has 0 aliphatic rings. The van der Waals surface area contributed by atoms with Crippen molar-refractivity contribution in [2.45, 2.75) is 17.4 Å². The summed E-state index contributed by atoms with van der Waals surface area (Å²) >= 11 is 0. The molecule has 118 valence electrons. The summed E-state index contributed by atoms with van der Waals surface area (Å²) in [5, 5.41) is 10.0. The van der Waals surface area contributed by atoms with Crippen molar-refractivity contribution in [3.05, 3.63) is 60.2 Å². The van der Waals surface area contributed by atoms with Crippen LogP contribution in [0.4, 0.5) is 0 Å². The largest absolute Gasteiger partial charge is 0.497 e. The van der Waals surface area contributed by atoms with Crippen LogP contribution in [0.3, 0.4) is 0 Å². The van der Waals surface area contributed by atoms with Gasteiger partial charge in [-0.25, -0.2) is 13.1 Å². The molecule has 0 radical (unpaired) electrons. The van der Waals surface area contributed by atoms with Crippen molar-refractivity contribution in [3.63, 3.8) is 0 Å². The lowest BCUT2D eigenvalue weighted by atomic mass is 10.1. The number of hydrogen-bond donors (Lipinski definition) is 2. The van der Waals surface area contributed by atoms with E-state index in [-0.39, 0.29) is 11.4 Å². The summed E-state index contributed by atoms with van der Waals surface area (Å²) < 4.78 is 31.7. The number of methoxy groups -OCH3 is 1. The molecule has 2 N–H and O–H groups in total. The quantitative estimate of drug-likeness (QED) is 0.819. The third-order valence-corrected chi connectivity index (χ3v) is 4.74. The van der Waals surface area contributed by atoms with Crippen molar-refractivity contribution < 1.29 is 18.3 Å². The van der Waals surface area contributed by atoms with Crippen LogP contribution >= 0.6 is 0 Å². The van der Waals surface area contributed by atoms with Gasteiger partial charge in [0.1, 0.15) is 5.75 Å². The lowest BCUT2D eigenvalue weighted by Crippen LogP contribution is -2.25. The van der Waals surface area contributed by atoms with E-state index in [4.69, 9.17) is 4.74 Å². The molecule has 1 atom stereocenters. The van der Waals surface area contributed by atoms with Crippen molar-refractivity contribution >= 4 is 10.0 Å². The fourth-order valence-corrected chi connectivity index (χ4v) is 3.06. The van der Waals surface area contributed by atoms with Gasteiger partial charge in [-0.3, -0.25) is 0 Å². The van der Waals surface area contributed by atoms with Gasteiger partial charge in [-0.15, -0.1) is 0 Å². The van der Waals surface area contributed by atoms with Gasteiger partial charge in [0.2, 0.25) is 10.0 Å². The Morgan fingerprint density at radius 1 is 1.09 bits per heavy atom. The molecule has 22 heavy (non-hydrogen) atoms. The van der Waals surface area contributed by atoms with Crippen LogP contribution in [0, 0.1) is 0 Å². The van der Waals surface area contributed by atoms with E-state index in [0.717, 1.165) is 5.56 Å². The number of aliphatic hydroxyl groups excluding tert-OH is 1. The van der Waals surface area contributed by atoms with Crippen molar-refractivity contribution in [1.29, 1.82) is 0 Å². The van der Waals surface area contributed by atoms with Crippen LogP contribution < -0.4 is 9.46 Å². The first-order valence-corrected chi connectivity index (χ1v) is 8.38. The molecule has 0 aromatic heterocycles. The summed E-state index contributed by atoms with van der Waals surface area (Å²) in [4.78, 5) is 0.169. The van der Waals surface area contributed by atoms with Gasteiger partial charge in [-0.2, -0.15) is 0 Å². The fourth-order valence-electron chi connectivity index (χ4n) is 2.01. The highest BCUT2D eigenvalue weighted by atomic mass is 32.2. The zero-order valence-corrected chi connectivity index (χ0v) is 13.1. The van der Waals surface area contributed by atoms with E-state index in [1.54, 1.807) is 12.1 Å². The van der Waals surface area contributed by atoms with Crippen molar-refractivity contribution in [1.82, 2.24) is 4.72 Å². The molecule has 2 aromatic carbocycles. The van der Waals surface area contributed by atoms with Gasteiger partial charge < -0.3 is 9.84 Å². The summed E-state index contributed by atoms with van der Waals surface area (Å²) in [7, 11) is -2.06. The molecule has 1 unspecified atom stereocenters. The zero-order valence-electron chi connectivity index (χ0n) is 12.3. The number of benzene rings is 2. The number of sulfonamides is 1. The standard InChI is InChI=1S/C16H19NO4S/c1-21-14-7-9-15(10-8-14)22(19,20)17-12-11-16(18)13-5-3-2-4-6-13/h2-10,16-18H,11-12H2,1H3. The number of aliphatic hydroxyl groups is 1. The highest BCUT2D eigenvalue weighted by Crippen LogP contribution is 2.17. The summed E-state index contributed by atoms with van der Waals surface area (Å²) in [5.41, 5.74) is 0.770. The minimum Gasteiger partial charge on any atom is -0.497 e. The minimum atomic E-state index is -3.58. The first-order chi connectivity index (χ1) is 10.5. The Hall–Kier alpha value is -1.89. The van der Waals surface area contributed by atoms with Crippen LogP contribution in [0.1, 0.15) is 18.1 Å². The van der Waals surface area contributed by atoms with E-state index in [2.05, 4.69) is 4.72 Å². The van der Waals surface area contributed by atoms with Crippen LogP contribution in [0.25, 0.3) is 0 Å². The highest BCUT2D eigenvalue weighted by Gasteiger charge is 2.15. The Kier molecular flexibility index (Phi) is 5.54. The summed E-state index contributed by atoms with van der Waals surface area (Å²) in [6.07, 6.45) is -0.390. The van der Waals surface area contributed by atoms with Gasteiger partial charge in [-0.05, 0) is 36.2 Å². The van der Waals surface area contributed by atoms with Crippen molar-refractivity contribution in [2.24, 2.45) is 0 Å². The smallest absolute Gasteiger partial charge is 0.240 e. The third kappa shape index (κ3) is 4.30. The second-order valence-corrected chi connectivity index (χ2v) is 6.56. The molecule has 0 amide bonds. The number of hydrogen-bond acceptors (Lipinski definition) is 4. The van der Waals surface area contributed by atoms with Crippen molar-refractivity contribution in [2.75, 3.05) is 13.7 Å². The molecule has 0 saturated heterocycles. The molecular weight excluding hydrogens is 302 g/mol. The Morgan fingerprint density at radius 2 is 1.73 bits per heavy atom. The maximum atomic E-state index is 12.1. The van der Waals surface area contributed by atoms with Gasteiger partial charge in [-0.1, -0.05) is 30.3 Å². The van der Waals surface area contributed by atoms with E-state index in [1.165, 1.54) is 19.2 Å². The van der Waals surface area contributed by atoms with Gasteiger partial charge >= 0.3 is 0 Å². The normalized spacial score (nSPS) is 12.8. The van der Waals surface area contributed by atoms with Gasteiger partial charge in [0.05, 0.1) is 18.1 Å². The maximum Gasteiger partial charge on any atom is 0.240 e. The van der Waals surface area contributed by atoms with Crippen LogP contribution in [-0.2, 0) is 10.0 Å². The molecule has 5 nitrogen and oxygen atoms in total. The first kappa shape index (κ1) is 16.5. The Morgan fingerprint density at radius 3 is 2.32 bits per heavy atom. The second-order valence-electron chi connectivity index (χ2n) is 4.79. The SMILES string of the molecule is COc1ccc(S(=O)(=O)NCCC(O)c2ccccc2)cc1. The number of ether oxygens (including phenoxy) is 1. The molecule has 6 heteroatoms. The van der Waals surface area contributed by atoms with Gasteiger partial charge in [0.15, 0.2) is 0 Å².